The molecular formula is C25H39F. The number of alkyl halides is 1. The highest BCUT2D eigenvalue weighted by Crippen LogP contribution is 2.32. The molecule has 0 N–H and O–H groups in total. The molecule has 1 heteroatoms. The van der Waals surface area contributed by atoms with Gasteiger partial charge < -0.3 is 0 Å². The third-order valence-corrected chi connectivity index (χ3v) is 5.99. The first-order valence-electron chi connectivity index (χ1n) is 11.1. The molecule has 0 saturated heterocycles. The Morgan fingerprint density at radius 3 is 2.23 bits per heavy atom. The number of aryl methyl sites for hydroxylation is 2. The zero-order chi connectivity index (χ0) is 18.5. The molecule has 0 aliphatic heterocycles. The summed E-state index contributed by atoms with van der Waals surface area (Å²) >= 11 is 0. The first kappa shape index (κ1) is 21.2. The molecule has 0 aromatic heterocycles. The second kappa shape index (κ2) is 13.1. The van der Waals surface area contributed by atoms with E-state index in [1.165, 1.54) is 68.9 Å². The monoisotopic (exact) mass is 358 g/mol. The van der Waals surface area contributed by atoms with Crippen LogP contribution in [0.15, 0.2) is 36.4 Å². The Morgan fingerprint density at radius 2 is 1.58 bits per heavy atom. The van der Waals surface area contributed by atoms with Gasteiger partial charge >= 0.3 is 0 Å². The van der Waals surface area contributed by atoms with E-state index < -0.39 is 0 Å². The Hall–Kier alpha value is -1.11. The van der Waals surface area contributed by atoms with E-state index in [0.29, 0.717) is 0 Å². The predicted octanol–water partition coefficient (Wildman–Crippen LogP) is 7.85. The van der Waals surface area contributed by atoms with E-state index in [-0.39, 0.29) is 6.67 Å². The molecule has 2 rings (SSSR count). The van der Waals surface area contributed by atoms with E-state index in [4.69, 9.17) is 0 Å². The molecule has 0 atom stereocenters. The van der Waals surface area contributed by atoms with Crippen molar-refractivity contribution in [3.05, 3.63) is 47.5 Å². The molecule has 0 amide bonds. The molecule has 0 heterocycles. The van der Waals surface area contributed by atoms with Gasteiger partial charge in [-0.05, 0) is 93.6 Å². The van der Waals surface area contributed by atoms with Crippen LogP contribution in [0.5, 0.6) is 0 Å². The lowest BCUT2D eigenvalue weighted by Gasteiger charge is -2.26. The number of hydrogen-bond acceptors (Lipinski definition) is 0. The lowest BCUT2D eigenvalue weighted by Crippen LogP contribution is -2.13. The second-order valence-electron chi connectivity index (χ2n) is 8.21. The van der Waals surface area contributed by atoms with Gasteiger partial charge in [0.05, 0.1) is 6.67 Å². The first-order chi connectivity index (χ1) is 12.8. The van der Waals surface area contributed by atoms with Gasteiger partial charge in [0.25, 0.3) is 0 Å². The van der Waals surface area contributed by atoms with Crippen LogP contribution in [0.1, 0.15) is 88.7 Å². The van der Waals surface area contributed by atoms with Crippen molar-refractivity contribution in [2.45, 2.75) is 90.4 Å². The van der Waals surface area contributed by atoms with Crippen LogP contribution in [0.4, 0.5) is 4.39 Å². The average Bonchev–Trinajstić information content (AvgIpc) is 2.69. The van der Waals surface area contributed by atoms with Gasteiger partial charge in [0.2, 0.25) is 0 Å². The zero-order valence-electron chi connectivity index (χ0n) is 16.9. The van der Waals surface area contributed by atoms with Gasteiger partial charge in [-0.2, -0.15) is 0 Å². The molecule has 0 spiro atoms. The largest absolute Gasteiger partial charge is 0.251 e. The predicted molar refractivity (Wildman–Crippen MR) is 112 cm³/mol. The zero-order valence-corrected chi connectivity index (χ0v) is 16.9. The molecule has 1 aliphatic rings. The molecule has 0 nitrogen and oxygen atoms in total. The summed E-state index contributed by atoms with van der Waals surface area (Å²) in [6, 6.07) is 9.37. The van der Waals surface area contributed by atoms with Crippen LogP contribution in [-0.2, 0) is 12.8 Å². The van der Waals surface area contributed by atoms with E-state index >= 15 is 0 Å². The highest BCUT2D eigenvalue weighted by Gasteiger charge is 2.19. The van der Waals surface area contributed by atoms with E-state index in [0.717, 1.165) is 37.5 Å². The van der Waals surface area contributed by atoms with Crippen molar-refractivity contribution in [3.63, 3.8) is 0 Å². The van der Waals surface area contributed by atoms with E-state index in [1.807, 2.05) is 0 Å². The first-order valence-corrected chi connectivity index (χ1v) is 11.1. The number of allylic oxidation sites excluding steroid dienone is 2. The van der Waals surface area contributed by atoms with E-state index in [2.05, 4.69) is 43.3 Å². The number of rotatable bonds is 12. The van der Waals surface area contributed by atoms with E-state index in [1.54, 1.807) is 0 Å². The molecular weight excluding hydrogens is 319 g/mol. The highest BCUT2D eigenvalue weighted by molar-refractivity contribution is 5.22. The average molecular weight is 359 g/mol. The van der Waals surface area contributed by atoms with Crippen LogP contribution in [0.25, 0.3) is 0 Å². The van der Waals surface area contributed by atoms with Gasteiger partial charge in [0.15, 0.2) is 0 Å². The van der Waals surface area contributed by atoms with Gasteiger partial charge in [-0.15, -0.1) is 0 Å². The Kier molecular flexibility index (Phi) is 10.7. The summed E-state index contributed by atoms with van der Waals surface area (Å²) in [6.45, 7) is 2.10. The molecule has 26 heavy (non-hydrogen) atoms. The van der Waals surface area contributed by atoms with Crippen molar-refractivity contribution in [1.29, 1.82) is 0 Å². The van der Waals surface area contributed by atoms with E-state index in [9.17, 15) is 4.39 Å². The van der Waals surface area contributed by atoms with Crippen LogP contribution < -0.4 is 0 Å². The summed E-state index contributed by atoms with van der Waals surface area (Å²) in [5.41, 5.74) is 3.01. The van der Waals surface area contributed by atoms with Gasteiger partial charge in [-0.3, -0.25) is 4.39 Å². The van der Waals surface area contributed by atoms with Crippen molar-refractivity contribution in [3.8, 4) is 0 Å². The molecule has 0 radical (unpaired) electrons. The van der Waals surface area contributed by atoms with Crippen LogP contribution in [0.2, 0.25) is 0 Å². The van der Waals surface area contributed by atoms with Gasteiger partial charge in [0, 0.05) is 0 Å². The number of benzene rings is 1. The topological polar surface area (TPSA) is 0 Å². The number of unbranched alkanes of at least 4 members (excludes halogenated alkanes) is 4. The molecule has 1 aliphatic carbocycles. The summed E-state index contributed by atoms with van der Waals surface area (Å²) < 4.78 is 12.0. The van der Waals surface area contributed by atoms with Crippen molar-refractivity contribution >= 4 is 0 Å². The standard InChI is InChI=1S/C25H39F/c1-2-3-9-22-11-15-24(16-12-22)19-20-25-17-13-23(14-18-25)10-7-5-4-6-8-21-26/h7,10-12,15-16,23,25H,2-6,8-9,13-14,17-21H2,1H3/b10-7+. The maximum atomic E-state index is 12.0. The minimum Gasteiger partial charge on any atom is -0.251 e. The maximum absolute atomic E-state index is 12.0. The lowest BCUT2D eigenvalue weighted by molar-refractivity contribution is 0.296. The van der Waals surface area contributed by atoms with Crippen LogP contribution in [0.3, 0.4) is 0 Å². The summed E-state index contributed by atoms with van der Waals surface area (Å²) in [7, 11) is 0. The van der Waals surface area contributed by atoms with Crippen LogP contribution in [-0.4, -0.2) is 6.67 Å². The molecule has 1 saturated carbocycles. The minimum absolute atomic E-state index is 0.156. The highest BCUT2D eigenvalue weighted by atomic mass is 19.1. The van der Waals surface area contributed by atoms with Crippen molar-refractivity contribution < 1.29 is 4.39 Å². The summed E-state index contributed by atoms with van der Waals surface area (Å²) in [5.74, 6) is 1.72. The lowest BCUT2D eigenvalue weighted by atomic mass is 9.79. The summed E-state index contributed by atoms with van der Waals surface area (Å²) in [4.78, 5) is 0. The quantitative estimate of drug-likeness (QED) is 0.263. The second-order valence-corrected chi connectivity index (χ2v) is 8.21. The van der Waals surface area contributed by atoms with Crippen molar-refractivity contribution in [1.82, 2.24) is 0 Å². The van der Waals surface area contributed by atoms with Crippen molar-refractivity contribution in [2.24, 2.45) is 11.8 Å². The molecule has 0 unspecified atom stereocenters. The van der Waals surface area contributed by atoms with Crippen LogP contribution >= 0.6 is 0 Å². The Labute approximate surface area is 161 Å². The SMILES string of the molecule is CCCCc1ccc(CCC2CCC(/C=C/CCCCCF)CC2)cc1. The third kappa shape index (κ3) is 8.52. The van der Waals surface area contributed by atoms with Gasteiger partial charge in [-0.1, -0.05) is 56.2 Å². The summed E-state index contributed by atoms with van der Waals surface area (Å²) in [6.07, 6.45) is 20.8. The molecule has 146 valence electrons. The molecule has 0 bridgehead atoms. The Morgan fingerprint density at radius 1 is 0.885 bits per heavy atom. The van der Waals surface area contributed by atoms with Crippen molar-refractivity contribution in [2.75, 3.05) is 6.67 Å². The van der Waals surface area contributed by atoms with Crippen LogP contribution in [0, 0.1) is 11.8 Å². The Balaban J connectivity index is 1.59. The minimum atomic E-state index is -0.156. The number of hydrogen-bond donors (Lipinski definition) is 0. The molecule has 1 fully saturated rings. The summed E-state index contributed by atoms with van der Waals surface area (Å²) in [5, 5.41) is 0. The fourth-order valence-corrected chi connectivity index (χ4v) is 4.12. The van der Waals surface area contributed by atoms with Gasteiger partial charge in [-0.25, -0.2) is 0 Å². The molecule has 1 aromatic rings. The Bertz CT molecular complexity index is 479. The third-order valence-electron chi connectivity index (χ3n) is 5.99. The fourth-order valence-electron chi connectivity index (χ4n) is 4.12. The normalized spacial score (nSPS) is 20.7. The van der Waals surface area contributed by atoms with Gasteiger partial charge in [0.1, 0.15) is 0 Å². The fraction of sp³-hybridized carbons (Fsp3) is 0.680. The smallest absolute Gasteiger partial charge is 0.0894 e. The number of halogens is 1. The maximum Gasteiger partial charge on any atom is 0.0894 e. The molecule has 1 aromatic carbocycles.